The molecule has 86 valence electrons. The molecule has 0 aliphatic rings. The van der Waals surface area contributed by atoms with Crippen LogP contribution in [0.4, 0.5) is 8.78 Å². The Morgan fingerprint density at radius 1 is 1.31 bits per heavy atom. The van der Waals surface area contributed by atoms with Crippen LogP contribution in [0.15, 0.2) is 30.5 Å². The Hall–Kier alpha value is -1.42. The molecule has 0 saturated heterocycles. The molecule has 0 radical (unpaired) electrons. The van der Waals surface area contributed by atoms with E-state index in [9.17, 15) is 8.78 Å². The van der Waals surface area contributed by atoms with Gasteiger partial charge in [0.15, 0.2) is 0 Å². The van der Waals surface area contributed by atoms with E-state index in [0.29, 0.717) is 6.54 Å². The maximum Gasteiger partial charge on any atom is 0.250 e. The molecule has 0 spiro atoms. The topological polar surface area (TPSA) is 17.0 Å². The van der Waals surface area contributed by atoms with Gasteiger partial charge >= 0.3 is 0 Å². The summed E-state index contributed by atoms with van der Waals surface area (Å²) in [5.41, 5.74) is 2.18. The van der Waals surface area contributed by atoms with Gasteiger partial charge in [0, 0.05) is 30.7 Å². The lowest BCUT2D eigenvalue weighted by atomic mass is 10.2. The molecule has 0 fully saturated rings. The normalized spacial score (nSPS) is 11.5. The van der Waals surface area contributed by atoms with Crippen molar-refractivity contribution in [1.82, 2.24) is 9.88 Å². The molecule has 2 nitrogen and oxygen atoms in total. The van der Waals surface area contributed by atoms with E-state index in [4.69, 9.17) is 0 Å². The molecule has 0 saturated carbocycles. The van der Waals surface area contributed by atoms with Crippen LogP contribution < -0.4 is 5.32 Å². The molecule has 0 aliphatic carbocycles. The Morgan fingerprint density at radius 3 is 2.81 bits per heavy atom. The van der Waals surface area contributed by atoms with Crippen molar-refractivity contribution in [3.63, 3.8) is 0 Å². The van der Waals surface area contributed by atoms with Gasteiger partial charge in [-0.15, -0.1) is 0 Å². The van der Waals surface area contributed by atoms with Crippen LogP contribution in [0.25, 0.3) is 10.9 Å². The summed E-state index contributed by atoms with van der Waals surface area (Å²) in [6.07, 6.45) is -0.321. The monoisotopic (exact) mass is 224 g/mol. The van der Waals surface area contributed by atoms with Crippen LogP contribution in [0.3, 0.4) is 0 Å². The van der Waals surface area contributed by atoms with E-state index in [0.717, 1.165) is 16.5 Å². The second-order valence-electron chi connectivity index (χ2n) is 3.80. The van der Waals surface area contributed by atoms with Gasteiger partial charge in [-0.25, -0.2) is 8.78 Å². The maximum atomic E-state index is 12.0. The zero-order valence-electron chi connectivity index (χ0n) is 9.08. The number of halogens is 2. The minimum atomic E-state index is -2.30. The smallest absolute Gasteiger partial charge is 0.250 e. The summed E-state index contributed by atoms with van der Waals surface area (Å²) in [4.78, 5) is 0. The van der Waals surface area contributed by atoms with Crippen molar-refractivity contribution in [3.05, 3.63) is 36.0 Å². The van der Waals surface area contributed by atoms with Crippen LogP contribution in [0.2, 0.25) is 0 Å². The lowest BCUT2D eigenvalue weighted by molar-refractivity contribution is 0.145. The molecular formula is C12H14F2N2. The molecule has 2 rings (SSSR count). The van der Waals surface area contributed by atoms with E-state index in [2.05, 4.69) is 5.32 Å². The van der Waals surface area contributed by atoms with Gasteiger partial charge in [0.05, 0.1) is 6.54 Å². The summed E-state index contributed by atoms with van der Waals surface area (Å²) in [6, 6.07) is 7.96. The largest absolute Gasteiger partial charge is 0.350 e. The molecule has 0 amide bonds. The third-order valence-corrected chi connectivity index (χ3v) is 2.59. The van der Waals surface area contributed by atoms with Gasteiger partial charge in [-0.3, -0.25) is 0 Å². The van der Waals surface area contributed by atoms with Crippen LogP contribution in [0.5, 0.6) is 0 Å². The van der Waals surface area contributed by atoms with E-state index in [-0.39, 0.29) is 6.54 Å². The second kappa shape index (κ2) is 4.61. The Balaban J connectivity index is 2.18. The minimum absolute atomic E-state index is 0.261. The van der Waals surface area contributed by atoms with Crippen molar-refractivity contribution in [3.8, 4) is 0 Å². The molecule has 2 aromatic rings. The number of alkyl halides is 2. The quantitative estimate of drug-likeness (QED) is 0.844. The zero-order valence-corrected chi connectivity index (χ0v) is 9.08. The lowest BCUT2D eigenvalue weighted by Gasteiger charge is -2.02. The van der Waals surface area contributed by atoms with Crippen LogP contribution in [-0.2, 0) is 13.6 Å². The number of hydrogen-bond acceptors (Lipinski definition) is 1. The fourth-order valence-corrected chi connectivity index (χ4v) is 1.88. The van der Waals surface area contributed by atoms with E-state index < -0.39 is 6.43 Å². The Kier molecular flexibility index (Phi) is 3.19. The van der Waals surface area contributed by atoms with Crippen LogP contribution in [0, 0.1) is 0 Å². The second-order valence-corrected chi connectivity index (χ2v) is 3.80. The zero-order chi connectivity index (χ0) is 11.5. The van der Waals surface area contributed by atoms with Crippen molar-refractivity contribution in [2.75, 3.05) is 6.54 Å². The molecule has 0 bridgehead atoms. The van der Waals surface area contributed by atoms with Crippen molar-refractivity contribution in [2.45, 2.75) is 13.0 Å². The highest BCUT2D eigenvalue weighted by Crippen LogP contribution is 2.19. The van der Waals surface area contributed by atoms with Crippen molar-refractivity contribution in [1.29, 1.82) is 0 Å². The Bertz CT molecular complexity index is 477. The van der Waals surface area contributed by atoms with E-state index >= 15 is 0 Å². The van der Waals surface area contributed by atoms with E-state index in [1.807, 2.05) is 42.1 Å². The number of hydrogen-bond donors (Lipinski definition) is 1. The number of fused-ring (bicyclic) bond motifs is 1. The van der Waals surface area contributed by atoms with Crippen molar-refractivity contribution in [2.24, 2.45) is 7.05 Å². The molecule has 1 aromatic carbocycles. The summed E-state index contributed by atoms with van der Waals surface area (Å²) in [5.74, 6) is 0. The predicted molar refractivity (Wildman–Crippen MR) is 60.6 cm³/mol. The summed E-state index contributed by atoms with van der Waals surface area (Å²) in [7, 11) is 1.96. The summed E-state index contributed by atoms with van der Waals surface area (Å²) >= 11 is 0. The molecule has 0 aliphatic heterocycles. The minimum Gasteiger partial charge on any atom is -0.350 e. The number of para-hydroxylation sites is 1. The molecule has 1 aromatic heterocycles. The molecule has 1 N–H and O–H groups in total. The summed E-state index contributed by atoms with van der Waals surface area (Å²) in [6.45, 7) is 0.217. The van der Waals surface area contributed by atoms with Gasteiger partial charge in [0.1, 0.15) is 0 Å². The van der Waals surface area contributed by atoms with Gasteiger partial charge in [-0.2, -0.15) is 0 Å². The first-order valence-electron chi connectivity index (χ1n) is 5.20. The van der Waals surface area contributed by atoms with Gasteiger partial charge < -0.3 is 9.88 Å². The van der Waals surface area contributed by atoms with Gasteiger partial charge in [-0.05, 0) is 11.6 Å². The first kappa shape index (κ1) is 11.1. The average Bonchev–Trinajstić information content (AvgIpc) is 2.57. The number of benzene rings is 1. The summed E-state index contributed by atoms with van der Waals surface area (Å²) in [5, 5.41) is 3.86. The highest BCUT2D eigenvalue weighted by Gasteiger charge is 2.06. The predicted octanol–water partition coefficient (Wildman–Crippen LogP) is 2.53. The van der Waals surface area contributed by atoms with Crippen LogP contribution in [-0.4, -0.2) is 17.5 Å². The van der Waals surface area contributed by atoms with Gasteiger partial charge in [-0.1, -0.05) is 18.2 Å². The molecule has 0 atom stereocenters. The number of rotatable bonds is 4. The molecule has 0 unspecified atom stereocenters. The van der Waals surface area contributed by atoms with E-state index in [1.165, 1.54) is 0 Å². The molecular weight excluding hydrogens is 210 g/mol. The Morgan fingerprint density at radius 2 is 2.06 bits per heavy atom. The molecule has 1 heterocycles. The molecule has 16 heavy (non-hydrogen) atoms. The standard InChI is InChI=1S/C12H14F2N2/c1-16-8-9(6-15-7-12(13)14)10-4-2-3-5-11(10)16/h2-5,8,12,15H,6-7H2,1H3. The first-order valence-corrected chi connectivity index (χ1v) is 5.20. The number of aryl methyl sites for hydroxylation is 1. The van der Waals surface area contributed by atoms with Gasteiger partial charge in [0.25, 0.3) is 6.43 Å². The highest BCUT2D eigenvalue weighted by molar-refractivity contribution is 5.83. The molecule has 4 heteroatoms. The third-order valence-electron chi connectivity index (χ3n) is 2.59. The van der Waals surface area contributed by atoms with Gasteiger partial charge in [0.2, 0.25) is 0 Å². The highest BCUT2D eigenvalue weighted by atomic mass is 19.3. The van der Waals surface area contributed by atoms with Crippen LogP contribution >= 0.6 is 0 Å². The SMILES string of the molecule is Cn1cc(CNCC(F)F)c2ccccc21. The van der Waals surface area contributed by atoms with Crippen LogP contribution in [0.1, 0.15) is 5.56 Å². The summed E-state index contributed by atoms with van der Waals surface area (Å²) < 4.78 is 26.0. The first-order chi connectivity index (χ1) is 7.68. The Labute approximate surface area is 92.9 Å². The number of nitrogens with zero attached hydrogens (tertiary/aromatic N) is 1. The number of aromatic nitrogens is 1. The maximum absolute atomic E-state index is 12.0. The average molecular weight is 224 g/mol. The fourth-order valence-electron chi connectivity index (χ4n) is 1.88. The number of nitrogens with one attached hydrogen (secondary N) is 1. The van der Waals surface area contributed by atoms with E-state index in [1.54, 1.807) is 0 Å². The van der Waals surface area contributed by atoms with Crippen molar-refractivity contribution < 1.29 is 8.78 Å². The van der Waals surface area contributed by atoms with Crippen molar-refractivity contribution >= 4 is 10.9 Å². The fraction of sp³-hybridized carbons (Fsp3) is 0.333. The third kappa shape index (κ3) is 2.22. The lowest BCUT2D eigenvalue weighted by Crippen LogP contribution is -2.20.